The Balaban J connectivity index is 3.12. The fourth-order valence-electron chi connectivity index (χ4n) is 0.691. The molecule has 0 fully saturated rings. The first kappa shape index (κ1) is 12.0. The second kappa shape index (κ2) is 9.06. The third-order valence-electron chi connectivity index (χ3n) is 1.36. The van der Waals surface area contributed by atoms with Crippen LogP contribution in [0.15, 0.2) is 12.7 Å². The van der Waals surface area contributed by atoms with Gasteiger partial charge in [0.05, 0.1) is 6.61 Å². The van der Waals surface area contributed by atoms with Crippen molar-refractivity contribution in [3.05, 3.63) is 12.7 Å². The summed E-state index contributed by atoms with van der Waals surface area (Å²) in [5.41, 5.74) is 0. The molecule has 0 aromatic rings. The van der Waals surface area contributed by atoms with Crippen LogP contribution in [0.5, 0.6) is 0 Å². The molecular weight excluding hydrogens is 170 g/mol. The van der Waals surface area contributed by atoms with Crippen molar-refractivity contribution in [3.63, 3.8) is 0 Å². The molecule has 0 aliphatic carbocycles. The Bertz CT molecular complexity index is 148. The summed E-state index contributed by atoms with van der Waals surface area (Å²) in [5, 5.41) is 2.42. The van der Waals surface area contributed by atoms with Crippen molar-refractivity contribution in [3.8, 4) is 0 Å². The zero-order valence-electron chi connectivity index (χ0n) is 8.04. The Hall–Kier alpha value is -1.03. The van der Waals surface area contributed by atoms with Crippen LogP contribution in [0.4, 0.5) is 4.79 Å². The molecule has 0 aromatic heterocycles. The van der Waals surface area contributed by atoms with Gasteiger partial charge in [-0.15, -0.1) is 6.58 Å². The molecule has 4 nitrogen and oxygen atoms in total. The van der Waals surface area contributed by atoms with E-state index in [9.17, 15) is 4.79 Å². The lowest BCUT2D eigenvalue weighted by Crippen LogP contribution is -2.24. The smallest absolute Gasteiger partial charge is 0.316 e. The first-order valence-corrected chi connectivity index (χ1v) is 4.49. The third kappa shape index (κ3) is 8.88. The van der Waals surface area contributed by atoms with Gasteiger partial charge in [-0.1, -0.05) is 25.8 Å². The predicted molar refractivity (Wildman–Crippen MR) is 50.2 cm³/mol. The topological polar surface area (TPSA) is 47.6 Å². The van der Waals surface area contributed by atoms with Crippen LogP contribution >= 0.6 is 0 Å². The van der Waals surface area contributed by atoms with E-state index in [1.807, 2.05) is 0 Å². The highest BCUT2D eigenvalue weighted by Gasteiger charge is 1.99. The van der Waals surface area contributed by atoms with Crippen molar-refractivity contribution in [2.45, 2.75) is 26.2 Å². The summed E-state index contributed by atoms with van der Waals surface area (Å²) in [6.45, 7) is 6.38. The molecule has 0 radical (unpaired) electrons. The molecule has 0 heterocycles. The number of rotatable bonds is 7. The SMILES string of the molecule is C=CCNC(=O)OOCCCCC. The van der Waals surface area contributed by atoms with E-state index in [-0.39, 0.29) is 0 Å². The molecule has 0 saturated carbocycles. The second-order valence-corrected chi connectivity index (χ2v) is 2.57. The number of nitrogens with one attached hydrogen (secondary N) is 1. The van der Waals surface area contributed by atoms with Gasteiger partial charge in [0.15, 0.2) is 0 Å². The molecule has 1 amide bonds. The first-order chi connectivity index (χ1) is 6.31. The quantitative estimate of drug-likeness (QED) is 0.287. The van der Waals surface area contributed by atoms with Gasteiger partial charge in [0, 0.05) is 6.54 Å². The lowest BCUT2D eigenvalue weighted by Gasteiger charge is -2.02. The van der Waals surface area contributed by atoms with Crippen LogP contribution in [0.3, 0.4) is 0 Å². The zero-order chi connectivity index (χ0) is 9.94. The van der Waals surface area contributed by atoms with Gasteiger partial charge in [-0.05, 0) is 6.42 Å². The number of amides is 1. The van der Waals surface area contributed by atoms with Gasteiger partial charge in [-0.2, -0.15) is 4.89 Å². The van der Waals surface area contributed by atoms with Crippen LogP contribution in [-0.2, 0) is 9.78 Å². The van der Waals surface area contributed by atoms with E-state index in [1.165, 1.54) is 0 Å². The molecule has 0 aliphatic heterocycles. The van der Waals surface area contributed by atoms with E-state index in [0.717, 1.165) is 19.3 Å². The number of hydrogen-bond acceptors (Lipinski definition) is 3. The maximum atomic E-state index is 10.7. The fourth-order valence-corrected chi connectivity index (χ4v) is 0.691. The minimum absolute atomic E-state index is 0.386. The first-order valence-electron chi connectivity index (χ1n) is 4.49. The summed E-state index contributed by atoms with van der Waals surface area (Å²) in [6, 6.07) is 0. The molecule has 76 valence electrons. The lowest BCUT2D eigenvalue weighted by atomic mass is 10.3. The summed E-state index contributed by atoms with van der Waals surface area (Å²) in [7, 11) is 0. The van der Waals surface area contributed by atoms with Crippen LogP contribution in [0.25, 0.3) is 0 Å². The molecule has 0 bridgehead atoms. The summed E-state index contributed by atoms with van der Waals surface area (Å²) < 4.78 is 0. The van der Waals surface area contributed by atoms with Crippen LogP contribution in [-0.4, -0.2) is 19.2 Å². The highest BCUT2D eigenvalue weighted by Crippen LogP contribution is 1.94. The Morgan fingerprint density at radius 1 is 1.54 bits per heavy atom. The molecule has 0 atom stereocenters. The van der Waals surface area contributed by atoms with E-state index >= 15 is 0 Å². The normalized spacial score (nSPS) is 9.31. The monoisotopic (exact) mass is 187 g/mol. The summed E-state index contributed by atoms with van der Waals surface area (Å²) in [6.07, 6.45) is 4.10. The molecule has 0 unspecified atom stereocenters. The molecule has 0 aliphatic rings. The summed E-state index contributed by atoms with van der Waals surface area (Å²) >= 11 is 0. The Kier molecular flexibility index (Phi) is 8.34. The second-order valence-electron chi connectivity index (χ2n) is 2.57. The van der Waals surface area contributed by atoms with Crippen LogP contribution < -0.4 is 5.32 Å². The minimum atomic E-state index is -0.573. The van der Waals surface area contributed by atoms with Gasteiger partial charge < -0.3 is 5.32 Å². The summed E-state index contributed by atoms with van der Waals surface area (Å²) in [5.74, 6) is 0. The maximum absolute atomic E-state index is 10.7. The van der Waals surface area contributed by atoms with Crippen LogP contribution in [0, 0.1) is 0 Å². The summed E-state index contributed by atoms with van der Waals surface area (Å²) in [4.78, 5) is 19.8. The van der Waals surface area contributed by atoms with Crippen molar-refractivity contribution in [2.75, 3.05) is 13.2 Å². The van der Waals surface area contributed by atoms with Crippen molar-refractivity contribution >= 4 is 6.09 Å². The molecule has 0 spiro atoms. The minimum Gasteiger partial charge on any atom is -0.316 e. The predicted octanol–water partition coefficient (Wildman–Crippen LogP) is 2.02. The molecule has 1 N–H and O–H groups in total. The molecule has 0 rings (SSSR count). The standard InChI is InChI=1S/C9H17NO3/c1-3-5-6-8-12-13-9(11)10-7-4-2/h4H,2-3,5-8H2,1H3,(H,10,11). The number of carbonyl (C=O) groups is 1. The van der Waals surface area contributed by atoms with Crippen LogP contribution in [0.2, 0.25) is 0 Å². The number of carbonyl (C=O) groups excluding carboxylic acids is 1. The van der Waals surface area contributed by atoms with Crippen LogP contribution in [0.1, 0.15) is 26.2 Å². The lowest BCUT2D eigenvalue weighted by molar-refractivity contribution is -0.238. The van der Waals surface area contributed by atoms with Gasteiger partial charge in [0.2, 0.25) is 0 Å². The van der Waals surface area contributed by atoms with E-state index in [1.54, 1.807) is 6.08 Å². The average molecular weight is 187 g/mol. The highest BCUT2D eigenvalue weighted by molar-refractivity contribution is 5.66. The van der Waals surface area contributed by atoms with Gasteiger partial charge in [0.25, 0.3) is 0 Å². The Morgan fingerprint density at radius 3 is 2.92 bits per heavy atom. The van der Waals surface area contributed by atoms with E-state index in [2.05, 4.69) is 28.6 Å². The molecule has 13 heavy (non-hydrogen) atoms. The Morgan fingerprint density at radius 2 is 2.31 bits per heavy atom. The van der Waals surface area contributed by atoms with E-state index < -0.39 is 6.09 Å². The molecular formula is C9H17NO3. The van der Waals surface area contributed by atoms with Crippen molar-refractivity contribution in [1.82, 2.24) is 5.32 Å². The molecule has 0 saturated heterocycles. The number of unbranched alkanes of at least 4 members (excludes halogenated alkanes) is 2. The van der Waals surface area contributed by atoms with Crippen molar-refractivity contribution < 1.29 is 14.6 Å². The maximum Gasteiger partial charge on any atom is 0.438 e. The van der Waals surface area contributed by atoms with Gasteiger partial charge in [0.1, 0.15) is 0 Å². The largest absolute Gasteiger partial charge is 0.438 e. The number of hydrogen-bond donors (Lipinski definition) is 1. The van der Waals surface area contributed by atoms with E-state index in [0.29, 0.717) is 13.2 Å². The molecule has 4 heteroatoms. The fraction of sp³-hybridized carbons (Fsp3) is 0.667. The third-order valence-corrected chi connectivity index (χ3v) is 1.36. The Labute approximate surface area is 78.8 Å². The van der Waals surface area contributed by atoms with Crippen molar-refractivity contribution in [1.29, 1.82) is 0 Å². The van der Waals surface area contributed by atoms with Crippen molar-refractivity contribution in [2.24, 2.45) is 0 Å². The van der Waals surface area contributed by atoms with Gasteiger partial charge in [-0.25, -0.2) is 4.79 Å². The zero-order valence-corrected chi connectivity index (χ0v) is 8.04. The highest BCUT2D eigenvalue weighted by atomic mass is 17.2. The average Bonchev–Trinajstić information content (AvgIpc) is 2.14. The van der Waals surface area contributed by atoms with Gasteiger partial charge >= 0.3 is 6.09 Å². The molecule has 0 aromatic carbocycles. The van der Waals surface area contributed by atoms with Gasteiger partial charge in [-0.3, -0.25) is 4.89 Å². The van der Waals surface area contributed by atoms with E-state index in [4.69, 9.17) is 0 Å².